The lowest BCUT2D eigenvalue weighted by atomic mass is 10.2. The Morgan fingerprint density at radius 2 is 2.05 bits per heavy atom. The lowest BCUT2D eigenvalue weighted by molar-refractivity contribution is 0.0611. The summed E-state index contributed by atoms with van der Waals surface area (Å²) in [7, 11) is 0. The van der Waals surface area contributed by atoms with Crippen LogP contribution < -0.4 is 0 Å². The zero-order valence-electron chi connectivity index (χ0n) is 12.3. The van der Waals surface area contributed by atoms with E-state index in [1.165, 1.54) is 0 Å². The summed E-state index contributed by atoms with van der Waals surface area (Å²) in [6.07, 6.45) is 0. The van der Waals surface area contributed by atoms with Crippen LogP contribution >= 0.6 is 0 Å². The summed E-state index contributed by atoms with van der Waals surface area (Å²) < 4.78 is 5.23. The monoisotopic (exact) mass is 289 g/mol. The van der Waals surface area contributed by atoms with E-state index in [1.807, 2.05) is 24.8 Å². The number of carbonyl (C=O) groups is 1. The molecule has 112 valence electrons. The first-order chi connectivity index (χ1) is 10.1. The van der Waals surface area contributed by atoms with Gasteiger partial charge in [-0.1, -0.05) is 5.16 Å². The van der Waals surface area contributed by atoms with Crippen molar-refractivity contribution in [1.29, 1.82) is 0 Å². The summed E-state index contributed by atoms with van der Waals surface area (Å²) in [5.41, 5.74) is 2.29. The van der Waals surface area contributed by atoms with E-state index >= 15 is 0 Å². The van der Waals surface area contributed by atoms with Crippen LogP contribution in [-0.2, 0) is 6.54 Å². The molecule has 0 unspecified atom stereocenters. The molecule has 0 aliphatic carbocycles. The molecule has 0 bridgehead atoms. The third-order valence-electron chi connectivity index (χ3n) is 3.64. The van der Waals surface area contributed by atoms with Gasteiger partial charge in [-0.2, -0.15) is 5.10 Å². The summed E-state index contributed by atoms with van der Waals surface area (Å²) in [5, 5.41) is 10.7. The summed E-state index contributed by atoms with van der Waals surface area (Å²) >= 11 is 0. The molecule has 3 rings (SSSR count). The molecule has 7 nitrogen and oxygen atoms in total. The van der Waals surface area contributed by atoms with Crippen LogP contribution in [0.3, 0.4) is 0 Å². The van der Waals surface area contributed by atoms with Crippen LogP contribution in [0.2, 0.25) is 0 Å². The number of carbonyl (C=O) groups excluding carboxylic acids is 1. The zero-order valence-corrected chi connectivity index (χ0v) is 12.3. The van der Waals surface area contributed by atoms with E-state index < -0.39 is 0 Å². The minimum absolute atomic E-state index is 0.00508. The van der Waals surface area contributed by atoms with E-state index in [0.717, 1.165) is 36.8 Å². The van der Waals surface area contributed by atoms with Crippen LogP contribution in [0.1, 0.15) is 27.6 Å². The van der Waals surface area contributed by atoms with E-state index in [-0.39, 0.29) is 5.91 Å². The third-order valence-corrected chi connectivity index (χ3v) is 3.64. The van der Waals surface area contributed by atoms with Crippen LogP contribution in [0.15, 0.2) is 16.7 Å². The Hall–Kier alpha value is -2.15. The van der Waals surface area contributed by atoms with Crippen molar-refractivity contribution in [2.75, 3.05) is 26.2 Å². The molecule has 1 saturated heterocycles. The first-order valence-electron chi connectivity index (χ1n) is 7.07. The Morgan fingerprint density at radius 3 is 2.62 bits per heavy atom. The van der Waals surface area contributed by atoms with Crippen molar-refractivity contribution in [3.63, 3.8) is 0 Å². The number of aromatic nitrogens is 3. The molecule has 0 spiro atoms. The predicted molar refractivity (Wildman–Crippen MR) is 75.7 cm³/mol. The molecule has 0 saturated carbocycles. The van der Waals surface area contributed by atoms with Crippen molar-refractivity contribution in [1.82, 2.24) is 25.2 Å². The summed E-state index contributed by atoms with van der Waals surface area (Å²) in [6, 6.07) is 3.73. The van der Waals surface area contributed by atoms with Gasteiger partial charge in [0.05, 0.1) is 12.2 Å². The fourth-order valence-corrected chi connectivity index (χ4v) is 2.51. The minimum Gasteiger partial charge on any atom is -0.360 e. The number of hydrogen-bond donors (Lipinski definition) is 1. The lowest BCUT2D eigenvalue weighted by Gasteiger charge is -2.33. The van der Waals surface area contributed by atoms with Crippen LogP contribution in [0.5, 0.6) is 0 Å². The Kier molecular flexibility index (Phi) is 3.74. The predicted octanol–water partition coefficient (Wildman–Crippen LogP) is 0.973. The quantitative estimate of drug-likeness (QED) is 0.911. The molecule has 2 aromatic heterocycles. The van der Waals surface area contributed by atoms with E-state index in [1.54, 1.807) is 6.07 Å². The molecule has 1 amide bonds. The van der Waals surface area contributed by atoms with Gasteiger partial charge in [0.2, 0.25) is 0 Å². The van der Waals surface area contributed by atoms with Crippen molar-refractivity contribution in [2.24, 2.45) is 0 Å². The second-order valence-corrected chi connectivity index (χ2v) is 5.44. The van der Waals surface area contributed by atoms with E-state index in [2.05, 4.69) is 20.3 Å². The molecule has 0 aromatic carbocycles. The Bertz CT molecular complexity index is 625. The average Bonchev–Trinajstić information content (AvgIpc) is 3.08. The Labute approximate surface area is 122 Å². The molecule has 0 atom stereocenters. The van der Waals surface area contributed by atoms with Crippen LogP contribution in [0.4, 0.5) is 0 Å². The van der Waals surface area contributed by atoms with Crippen molar-refractivity contribution in [3.05, 3.63) is 35.0 Å². The number of H-pyrrole nitrogens is 1. The van der Waals surface area contributed by atoms with E-state index in [9.17, 15) is 4.79 Å². The van der Waals surface area contributed by atoms with Crippen LogP contribution in [-0.4, -0.2) is 57.2 Å². The molecular formula is C14H19N5O2. The number of piperazine rings is 1. The largest absolute Gasteiger partial charge is 0.360 e. The van der Waals surface area contributed by atoms with Gasteiger partial charge in [0, 0.05) is 37.9 Å². The zero-order chi connectivity index (χ0) is 14.8. The Morgan fingerprint density at radius 1 is 1.29 bits per heavy atom. The smallest absolute Gasteiger partial charge is 0.274 e. The standard InChI is InChI=1S/C14H19N5O2/c1-10-8-13(16-15-10)14(20)19-5-3-18(4-6-19)9-12-7-11(2)17-21-12/h7-8H,3-6,9H2,1-2H3,(H,15,16). The maximum atomic E-state index is 12.3. The highest BCUT2D eigenvalue weighted by Gasteiger charge is 2.24. The first-order valence-corrected chi connectivity index (χ1v) is 7.07. The molecule has 1 aliphatic heterocycles. The van der Waals surface area contributed by atoms with Crippen molar-refractivity contribution >= 4 is 5.91 Å². The number of nitrogens with one attached hydrogen (secondary N) is 1. The number of aromatic amines is 1. The van der Waals surface area contributed by atoms with E-state index in [0.29, 0.717) is 18.8 Å². The van der Waals surface area contributed by atoms with Gasteiger partial charge in [-0.05, 0) is 19.9 Å². The second kappa shape index (κ2) is 5.69. The van der Waals surface area contributed by atoms with Crippen molar-refractivity contribution in [2.45, 2.75) is 20.4 Å². The molecular weight excluding hydrogens is 270 g/mol. The summed E-state index contributed by atoms with van der Waals surface area (Å²) in [4.78, 5) is 16.4. The minimum atomic E-state index is -0.00508. The van der Waals surface area contributed by atoms with Gasteiger partial charge in [-0.3, -0.25) is 14.8 Å². The fourth-order valence-electron chi connectivity index (χ4n) is 2.51. The second-order valence-electron chi connectivity index (χ2n) is 5.44. The lowest BCUT2D eigenvalue weighted by Crippen LogP contribution is -2.48. The van der Waals surface area contributed by atoms with Crippen molar-refractivity contribution < 1.29 is 9.32 Å². The molecule has 1 N–H and O–H groups in total. The summed E-state index contributed by atoms with van der Waals surface area (Å²) in [5.74, 6) is 0.865. The molecule has 1 fully saturated rings. The Balaban J connectivity index is 1.54. The van der Waals surface area contributed by atoms with E-state index in [4.69, 9.17) is 4.52 Å². The van der Waals surface area contributed by atoms with Gasteiger partial charge >= 0.3 is 0 Å². The molecule has 1 aliphatic rings. The molecule has 21 heavy (non-hydrogen) atoms. The number of rotatable bonds is 3. The van der Waals surface area contributed by atoms with Gasteiger partial charge in [-0.25, -0.2) is 0 Å². The SMILES string of the molecule is Cc1cc(CN2CCN(C(=O)c3cc(C)[nH]n3)CC2)on1. The maximum absolute atomic E-state index is 12.3. The number of hydrogen-bond acceptors (Lipinski definition) is 5. The van der Waals surface area contributed by atoms with Crippen LogP contribution in [0, 0.1) is 13.8 Å². The van der Waals surface area contributed by atoms with Gasteiger partial charge in [-0.15, -0.1) is 0 Å². The molecule has 2 aromatic rings. The van der Waals surface area contributed by atoms with Gasteiger partial charge < -0.3 is 9.42 Å². The normalized spacial score (nSPS) is 16.4. The van der Waals surface area contributed by atoms with Crippen LogP contribution in [0.25, 0.3) is 0 Å². The highest BCUT2D eigenvalue weighted by atomic mass is 16.5. The number of nitrogens with zero attached hydrogens (tertiary/aromatic N) is 4. The number of aryl methyl sites for hydroxylation is 2. The highest BCUT2D eigenvalue weighted by molar-refractivity contribution is 5.92. The summed E-state index contributed by atoms with van der Waals surface area (Å²) in [6.45, 7) is 7.61. The van der Waals surface area contributed by atoms with Gasteiger partial charge in [0.25, 0.3) is 5.91 Å². The number of amides is 1. The average molecular weight is 289 g/mol. The molecule has 7 heteroatoms. The highest BCUT2D eigenvalue weighted by Crippen LogP contribution is 2.11. The maximum Gasteiger partial charge on any atom is 0.274 e. The third kappa shape index (κ3) is 3.13. The van der Waals surface area contributed by atoms with Crippen molar-refractivity contribution in [3.8, 4) is 0 Å². The van der Waals surface area contributed by atoms with Gasteiger partial charge in [0.15, 0.2) is 5.76 Å². The molecule has 3 heterocycles. The fraction of sp³-hybridized carbons (Fsp3) is 0.500. The first kappa shape index (κ1) is 13.8. The van der Waals surface area contributed by atoms with Gasteiger partial charge in [0.1, 0.15) is 5.69 Å². The topological polar surface area (TPSA) is 78.3 Å². The molecule has 0 radical (unpaired) electrons.